The van der Waals surface area contributed by atoms with E-state index in [1.165, 1.54) is 0 Å². The third-order valence-corrected chi connectivity index (χ3v) is 3.73. The largest absolute Gasteiger partial charge is 0.480 e. The Bertz CT molecular complexity index is 320. The number of nitrogens with one attached hydrogen (secondary N) is 2. The summed E-state index contributed by atoms with van der Waals surface area (Å²) in [7, 11) is 0. The van der Waals surface area contributed by atoms with Crippen LogP contribution >= 0.6 is 0 Å². The first-order chi connectivity index (χ1) is 8.62. The van der Waals surface area contributed by atoms with Crippen molar-refractivity contribution in [3.63, 3.8) is 0 Å². The van der Waals surface area contributed by atoms with Gasteiger partial charge in [0.25, 0.3) is 0 Å². The minimum atomic E-state index is -1.07. The second kappa shape index (κ2) is 5.56. The number of amides is 2. The summed E-state index contributed by atoms with van der Waals surface area (Å²) in [5, 5.41) is 14.5. The fourth-order valence-electron chi connectivity index (χ4n) is 2.64. The molecule has 0 aromatic rings. The van der Waals surface area contributed by atoms with Gasteiger partial charge in [-0.05, 0) is 25.7 Å². The maximum atomic E-state index is 11.7. The van der Waals surface area contributed by atoms with E-state index in [-0.39, 0.29) is 6.10 Å². The van der Waals surface area contributed by atoms with Gasteiger partial charge >= 0.3 is 12.0 Å². The number of carbonyl (C=O) groups is 2. The zero-order chi connectivity index (χ0) is 13.0. The van der Waals surface area contributed by atoms with Crippen molar-refractivity contribution in [1.29, 1.82) is 0 Å². The highest BCUT2D eigenvalue weighted by molar-refractivity contribution is 5.86. The van der Waals surface area contributed by atoms with Crippen LogP contribution in [0.4, 0.5) is 4.79 Å². The van der Waals surface area contributed by atoms with Gasteiger partial charge in [-0.15, -0.1) is 0 Å². The van der Waals surface area contributed by atoms with Crippen LogP contribution in [0.2, 0.25) is 0 Å². The van der Waals surface area contributed by atoms with Crippen LogP contribution in [-0.2, 0) is 9.53 Å². The van der Waals surface area contributed by atoms with E-state index in [0.717, 1.165) is 32.3 Å². The van der Waals surface area contributed by atoms with Gasteiger partial charge in [-0.2, -0.15) is 0 Å². The van der Waals surface area contributed by atoms with Crippen molar-refractivity contribution < 1.29 is 19.4 Å². The third-order valence-electron chi connectivity index (χ3n) is 3.73. The molecule has 0 radical (unpaired) electrons. The standard InChI is InChI=1S/C12H20N2O4/c15-10(16)12(5-1-2-6-12)14-11(17)13-8-9-4-3-7-18-9/h9H,1-8H2,(H,15,16)(H2,13,14,17). The Hall–Kier alpha value is -1.30. The van der Waals surface area contributed by atoms with Crippen molar-refractivity contribution >= 4 is 12.0 Å². The predicted molar refractivity (Wildman–Crippen MR) is 64.3 cm³/mol. The van der Waals surface area contributed by atoms with E-state index in [4.69, 9.17) is 4.74 Å². The van der Waals surface area contributed by atoms with Gasteiger partial charge in [-0.25, -0.2) is 9.59 Å². The van der Waals surface area contributed by atoms with Gasteiger partial charge < -0.3 is 20.5 Å². The molecule has 2 amide bonds. The van der Waals surface area contributed by atoms with Gasteiger partial charge in [0.15, 0.2) is 0 Å². The Labute approximate surface area is 106 Å². The Balaban J connectivity index is 1.80. The number of carbonyl (C=O) groups excluding carboxylic acids is 1. The van der Waals surface area contributed by atoms with Gasteiger partial charge in [0, 0.05) is 13.2 Å². The monoisotopic (exact) mass is 256 g/mol. The summed E-state index contributed by atoms with van der Waals surface area (Å²) in [6, 6.07) is -0.408. The van der Waals surface area contributed by atoms with Crippen LogP contribution in [0.3, 0.4) is 0 Å². The van der Waals surface area contributed by atoms with Gasteiger partial charge in [0.1, 0.15) is 5.54 Å². The first-order valence-electron chi connectivity index (χ1n) is 6.53. The lowest BCUT2D eigenvalue weighted by atomic mass is 9.98. The molecule has 1 aliphatic carbocycles. The number of aliphatic carboxylic acids is 1. The molecule has 1 atom stereocenters. The van der Waals surface area contributed by atoms with E-state index in [1.807, 2.05) is 0 Å². The summed E-state index contributed by atoms with van der Waals surface area (Å²) in [6.07, 6.45) is 4.75. The molecule has 0 bridgehead atoms. The third kappa shape index (κ3) is 2.93. The molecule has 2 rings (SSSR count). The molecular formula is C12H20N2O4. The summed E-state index contributed by atoms with van der Waals surface area (Å²) >= 11 is 0. The quantitative estimate of drug-likeness (QED) is 0.696. The van der Waals surface area contributed by atoms with E-state index in [0.29, 0.717) is 19.4 Å². The SMILES string of the molecule is O=C(NCC1CCCO1)NC1(C(=O)O)CCCC1. The average molecular weight is 256 g/mol. The molecule has 1 heterocycles. The maximum absolute atomic E-state index is 11.7. The van der Waals surface area contributed by atoms with Crippen LogP contribution in [-0.4, -0.2) is 41.9 Å². The van der Waals surface area contributed by atoms with Gasteiger partial charge in [-0.3, -0.25) is 0 Å². The van der Waals surface area contributed by atoms with E-state index < -0.39 is 17.5 Å². The van der Waals surface area contributed by atoms with Crippen LogP contribution in [0.15, 0.2) is 0 Å². The fraction of sp³-hybridized carbons (Fsp3) is 0.833. The Morgan fingerprint density at radius 3 is 2.56 bits per heavy atom. The minimum absolute atomic E-state index is 0.0695. The highest BCUT2D eigenvalue weighted by atomic mass is 16.5. The Morgan fingerprint density at radius 1 is 1.28 bits per heavy atom. The van der Waals surface area contributed by atoms with Crippen molar-refractivity contribution in [3.05, 3.63) is 0 Å². The van der Waals surface area contributed by atoms with Crippen LogP contribution in [0.25, 0.3) is 0 Å². The van der Waals surface area contributed by atoms with E-state index in [1.54, 1.807) is 0 Å². The molecule has 1 saturated heterocycles. The van der Waals surface area contributed by atoms with Crippen LogP contribution in [0, 0.1) is 0 Å². The summed E-state index contributed by atoms with van der Waals surface area (Å²) in [5.41, 5.74) is -1.07. The summed E-state index contributed by atoms with van der Waals surface area (Å²) in [6.45, 7) is 1.19. The number of rotatable bonds is 4. The van der Waals surface area contributed by atoms with Crippen LogP contribution in [0.5, 0.6) is 0 Å². The van der Waals surface area contributed by atoms with Gasteiger partial charge in [0.2, 0.25) is 0 Å². The molecule has 0 aromatic carbocycles. The molecule has 2 aliphatic rings. The fourth-order valence-corrected chi connectivity index (χ4v) is 2.64. The van der Waals surface area contributed by atoms with E-state index in [2.05, 4.69) is 10.6 Å². The van der Waals surface area contributed by atoms with Crippen molar-refractivity contribution in [3.8, 4) is 0 Å². The maximum Gasteiger partial charge on any atom is 0.329 e. The first-order valence-corrected chi connectivity index (χ1v) is 6.53. The van der Waals surface area contributed by atoms with Crippen molar-refractivity contribution in [2.75, 3.05) is 13.2 Å². The number of urea groups is 1. The molecule has 0 aromatic heterocycles. The zero-order valence-corrected chi connectivity index (χ0v) is 10.4. The second-order valence-electron chi connectivity index (χ2n) is 5.06. The lowest BCUT2D eigenvalue weighted by molar-refractivity contribution is -0.144. The van der Waals surface area contributed by atoms with Gasteiger partial charge in [0.05, 0.1) is 6.10 Å². The Morgan fingerprint density at radius 2 is 2.00 bits per heavy atom. The van der Waals surface area contributed by atoms with Crippen LogP contribution < -0.4 is 10.6 Å². The first kappa shape index (κ1) is 13.1. The number of hydrogen-bond donors (Lipinski definition) is 3. The van der Waals surface area contributed by atoms with E-state index in [9.17, 15) is 14.7 Å². The van der Waals surface area contributed by atoms with E-state index >= 15 is 0 Å². The van der Waals surface area contributed by atoms with Crippen LogP contribution in [0.1, 0.15) is 38.5 Å². The topological polar surface area (TPSA) is 87.7 Å². The molecule has 1 unspecified atom stereocenters. The number of carboxylic acids is 1. The molecule has 2 fully saturated rings. The zero-order valence-electron chi connectivity index (χ0n) is 10.4. The highest BCUT2D eigenvalue weighted by Crippen LogP contribution is 2.29. The summed E-state index contributed by atoms with van der Waals surface area (Å²) < 4.78 is 5.39. The summed E-state index contributed by atoms with van der Waals surface area (Å²) in [4.78, 5) is 23.0. The smallest absolute Gasteiger partial charge is 0.329 e. The molecule has 18 heavy (non-hydrogen) atoms. The number of hydrogen-bond acceptors (Lipinski definition) is 3. The van der Waals surface area contributed by atoms with Crippen molar-refractivity contribution in [1.82, 2.24) is 10.6 Å². The molecule has 0 spiro atoms. The molecule has 6 heteroatoms. The highest BCUT2D eigenvalue weighted by Gasteiger charge is 2.42. The second-order valence-corrected chi connectivity index (χ2v) is 5.06. The average Bonchev–Trinajstić information content (AvgIpc) is 2.97. The minimum Gasteiger partial charge on any atom is -0.480 e. The number of ether oxygens (including phenoxy) is 1. The lowest BCUT2D eigenvalue weighted by Crippen LogP contribution is -2.56. The molecular weight excluding hydrogens is 236 g/mol. The molecule has 102 valence electrons. The molecule has 3 N–H and O–H groups in total. The molecule has 1 saturated carbocycles. The van der Waals surface area contributed by atoms with Crippen molar-refractivity contribution in [2.24, 2.45) is 0 Å². The van der Waals surface area contributed by atoms with Crippen molar-refractivity contribution in [2.45, 2.75) is 50.2 Å². The predicted octanol–water partition coefficient (Wildman–Crippen LogP) is 0.862. The number of carboxylic acid groups (broad SMARTS) is 1. The molecule has 6 nitrogen and oxygen atoms in total. The van der Waals surface area contributed by atoms with Gasteiger partial charge in [-0.1, -0.05) is 12.8 Å². The Kier molecular flexibility index (Phi) is 4.06. The summed E-state index contributed by atoms with van der Waals surface area (Å²) in [5.74, 6) is -0.938. The molecule has 1 aliphatic heterocycles. The normalized spacial score (nSPS) is 25.9. The lowest BCUT2D eigenvalue weighted by Gasteiger charge is -2.25.